The normalized spacial score (nSPS) is 18.4. The van der Waals surface area contributed by atoms with Crippen LogP contribution in [0.3, 0.4) is 0 Å². The van der Waals surface area contributed by atoms with Gasteiger partial charge in [0, 0.05) is 28.4 Å². The summed E-state index contributed by atoms with van der Waals surface area (Å²) in [6.45, 7) is 8.01. The number of nitrogens with zero attached hydrogens (tertiary/aromatic N) is 1. The summed E-state index contributed by atoms with van der Waals surface area (Å²) in [5.74, 6) is -0.525. The molecule has 0 saturated carbocycles. The Morgan fingerprint density at radius 2 is 1.56 bits per heavy atom. The first-order valence-electron chi connectivity index (χ1n) is 14.5. The van der Waals surface area contributed by atoms with Gasteiger partial charge in [-0.2, -0.15) is 0 Å². The molecule has 5 aromatic rings. The topological polar surface area (TPSA) is 17.0 Å². The molecule has 0 spiro atoms. The zero-order valence-corrected chi connectivity index (χ0v) is 21.4. The lowest BCUT2D eigenvalue weighted by Gasteiger charge is -2.29. The van der Waals surface area contributed by atoms with E-state index < -0.39 is 24.0 Å². The van der Waals surface area contributed by atoms with Crippen molar-refractivity contribution >= 4 is 21.9 Å². The molecule has 1 aliphatic rings. The minimum Gasteiger partial charge on any atom is -0.454 e. The van der Waals surface area contributed by atoms with Gasteiger partial charge in [0.05, 0.1) is 11.1 Å². The van der Waals surface area contributed by atoms with Crippen molar-refractivity contribution in [2.45, 2.75) is 58.7 Å². The van der Waals surface area contributed by atoms with Gasteiger partial charge < -0.3 is 4.42 Å². The molecule has 0 bridgehead atoms. The molecule has 0 aliphatic heterocycles. The zero-order chi connectivity index (χ0) is 28.8. The number of rotatable bonds is 2. The Kier molecular flexibility index (Phi) is 4.32. The van der Waals surface area contributed by atoms with Crippen LogP contribution >= 0.6 is 0 Å². The highest BCUT2D eigenvalue weighted by atomic mass is 19.1. The highest BCUT2D eigenvalue weighted by molar-refractivity contribution is 6.13. The van der Waals surface area contributed by atoms with Crippen LogP contribution in [0.25, 0.3) is 44.3 Å². The molecular formula is C33H33FNO+. The highest BCUT2D eigenvalue weighted by Gasteiger charge is 2.28. The third-order valence-electron chi connectivity index (χ3n) is 7.29. The number of hydrogen-bond donors (Lipinski definition) is 0. The Hall–Kier alpha value is -3.46. The molecule has 0 radical (unpaired) electrons. The molecule has 3 aromatic carbocycles. The number of pyridine rings is 1. The minimum absolute atomic E-state index is 0.0131. The lowest BCUT2D eigenvalue weighted by Crippen LogP contribution is -2.30. The van der Waals surface area contributed by atoms with Crippen molar-refractivity contribution in [1.29, 1.82) is 0 Å². The monoisotopic (exact) mass is 482 g/mol. The van der Waals surface area contributed by atoms with Gasteiger partial charge in [0.1, 0.15) is 24.0 Å². The molecule has 0 unspecified atom stereocenters. The van der Waals surface area contributed by atoms with Crippen molar-refractivity contribution in [2.24, 2.45) is 7.05 Å². The van der Waals surface area contributed by atoms with E-state index in [2.05, 4.69) is 0 Å². The van der Waals surface area contributed by atoms with Gasteiger partial charge in [0.2, 0.25) is 5.69 Å². The van der Waals surface area contributed by atoms with E-state index >= 15 is 4.39 Å². The summed E-state index contributed by atoms with van der Waals surface area (Å²) in [5, 5.41) is 1.58. The van der Waals surface area contributed by atoms with Crippen LogP contribution in [0.5, 0.6) is 0 Å². The van der Waals surface area contributed by atoms with Crippen molar-refractivity contribution < 1.29 is 18.9 Å². The van der Waals surface area contributed by atoms with E-state index in [4.69, 9.17) is 9.90 Å². The van der Waals surface area contributed by atoms with Gasteiger partial charge in [-0.25, -0.2) is 8.96 Å². The second-order valence-electron chi connectivity index (χ2n) is 10.7. The third-order valence-corrected chi connectivity index (χ3v) is 7.29. The Morgan fingerprint density at radius 1 is 0.861 bits per heavy atom. The van der Waals surface area contributed by atoms with Gasteiger partial charge in [0.25, 0.3) is 0 Å². The van der Waals surface area contributed by atoms with Gasteiger partial charge in [0.15, 0.2) is 6.20 Å². The van der Waals surface area contributed by atoms with E-state index in [0.717, 1.165) is 33.2 Å². The zero-order valence-electron chi connectivity index (χ0n) is 25.4. The summed E-state index contributed by atoms with van der Waals surface area (Å²) >= 11 is 0. The molecule has 2 heterocycles. The number of aromatic nitrogens is 1. The molecule has 6 rings (SSSR count). The molecule has 2 aromatic heterocycles. The Bertz CT molecular complexity index is 1830. The SMILES string of the molecule is [2H]C1([2H])CCC([2H])([2H])c2c(C(C)(C)C)ccc(-c3c(F)ccc4c3oc3c(-c5cccc[n+]5C)c(C)ccc34)c21. The van der Waals surface area contributed by atoms with Crippen molar-refractivity contribution in [1.82, 2.24) is 0 Å². The van der Waals surface area contributed by atoms with Crippen LogP contribution in [0.2, 0.25) is 0 Å². The molecule has 0 fully saturated rings. The number of aryl methyl sites for hydroxylation is 2. The van der Waals surface area contributed by atoms with E-state index in [1.54, 1.807) is 12.1 Å². The third kappa shape index (κ3) is 3.48. The summed E-state index contributed by atoms with van der Waals surface area (Å²) in [4.78, 5) is 0. The van der Waals surface area contributed by atoms with Crippen molar-refractivity contribution in [3.8, 4) is 22.4 Å². The Labute approximate surface area is 218 Å². The van der Waals surface area contributed by atoms with E-state index in [1.165, 1.54) is 6.07 Å². The van der Waals surface area contributed by atoms with Gasteiger partial charge in [-0.1, -0.05) is 45.0 Å². The fraction of sp³-hybridized carbons (Fsp3) is 0.303. The summed E-state index contributed by atoms with van der Waals surface area (Å²) in [6.07, 6.45) is -1.53. The van der Waals surface area contributed by atoms with E-state index in [1.807, 2.05) is 81.9 Å². The standard InChI is InChI=1S/C33H33FNO/c1-20-13-14-24-25-16-18-27(34)30(32(25)36-31(24)29(20)28-12-8-9-19-35(28)5)23-15-17-26(33(2,3)4)22-11-7-6-10-21(22)23/h8-9,12-19H,6-7,10-11H2,1-5H3/q+1/i10D2,11D2. The molecule has 3 heteroatoms. The predicted molar refractivity (Wildman–Crippen MR) is 146 cm³/mol. The van der Waals surface area contributed by atoms with E-state index in [0.29, 0.717) is 22.3 Å². The first kappa shape index (κ1) is 18.8. The first-order chi connectivity index (χ1) is 18.7. The molecular weight excluding hydrogens is 445 g/mol. The van der Waals surface area contributed by atoms with Crippen molar-refractivity contribution in [3.05, 3.63) is 88.9 Å². The van der Waals surface area contributed by atoms with Crippen molar-refractivity contribution in [3.63, 3.8) is 0 Å². The number of halogens is 1. The summed E-state index contributed by atoms with van der Waals surface area (Å²) < 4.78 is 60.4. The van der Waals surface area contributed by atoms with Gasteiger partial charge >= 0.3 is 0 Å². The Balaban J connectivity index is 1.75. The first-order valence-corrected chi connectivity index (χ1v) is 12.5. The molecule has 2 nitrogen and oxygen atoms in total. The van der Waals surface area contributed by atoms with Crippen LogP contribution < -0.4 is 4.57 Å². The maximum atomic E-state index is 16.0. The van der Waals surface area contributed by atoms with E-state index in [-0.39, 0.29) is 24.0 Å². The molecule has 182 valence electrons. The molecule has 0 N–H and O–H groups in total. The van der Waals surface area contributed by atoms with Crippen LogP contribution in [-0.2, 0) is 25.2 Å². The minimum atomic E-state index is -1.84. The van der Waals surface area contributed by atoms with Gasteiger partial charge in [-0.3, -0.25) is 0 Å². The van der Waals surface area contributed by atoms with Crippen LogP contribution in [0.1, 0.15) is 61.3 Å². The van der Waals surface area contributed by atoms with Crippen LogP contribution in [0, 0.1) is 12.7 Å². The molecule has 0 atom stereocenters. The number of benzene rings is 3. The van der Waals surface area contributed by atoms with Crippen LogP contribution in [-0.4, -0.2) is 0 Å². The van der Waals surface area contributed by atoms with Crippen LogP contribution in [0.4, 0.5) is 4.39 Å². The van der Waals surface area contributed by atoms with Gasteiger partial charge in [-0.05, 0) is 83.9 Å². The highest BCUT2D eigenvalue weighted by Crippen LogP contribution is 2.45. The maximum Gasteiger partial charge on any atom is 0.216 e. The number of furan rings is 1. The fourth-order valence-corrected chi connectivity index (χ4v) is 5.51. The number of hydrogen-bond acceptors (Lipinski definition) is 1. The average molecular weight is 483 g/mol. The lowest BCUT2D eigenvalue weighted by molar-refractivity contribution is -0.660. The summed E-state index contributed by atoms with van der Waals surface area (Å²) in [6, 6.07) is 16.7. The number of fused-ring (bicyclic) bond motifs is 4. The molecule has 0 saturated heterocycles. The molecule has 36 heavy (non-hydrogen) atoms. The Morgan fingerprint density at radius 3 is 2.28 bits per heavy atom. The fourth-order valence-electron chi connectivity index (χ4n) is 5.51. The van der Waals surface area contributed by atoms with E-state index in [9.17, 15) is 0 Å². The average Bonchev–Trinajstić information content (AvgIpc) is 3.24. The second kappa shape index (κ2) is 8.30. The van der Waals surface area contributed by atoms with Gasteiger partial charge in [-0.15, -0.1) is 0 Å². The summed E-state index contributed by atoms with van der Waals surface area (Å²) in [5.41, 5.74) is 5.29. The molecule has 0 amide bonds. The van der Waals surface area contributed by atoms with Crippen molar-refractivity contribution in [2.75, 3.05) is 0 Å². The lowest BCUT2D eigenvalue weighted by atomic mass is 9.75. The van der Waals surface area contributed by atoms with Crippen LogP contribution in [0.15, 0.2) is 65.2 Å². The molecule has 1 aliphatic carbocycles. The largest absolute Gasteiger partial charge is 0.454 e. The maximum absolute atomic E-state index is 16.0. The quantitative estimate of drug-likeness (QED) is 0.231. The smallest absolute Gasteiger partial charge is 0.216 e. The summed E-state index contributed by atoms with van der Waals surface area (Å²) in [7, 11) is 1.97. The predicted octanol–water partition coefficient (Wildman–Crippen LogP) is 8.37. The second-order valence-corrected chi connectivity index (χ2v) is 10.7.